The maximum absolute atomic E-state index is 15.0. The zero-order chi connectivity index (χ0) is 40.7. The molecule has 0 fully saturated rings. The van der Waals surface area contributed by atoms with Crippen molar-refractivity contribution in [3.05, 3.63) is 205 Å². The highest BCUT2D eigenvalue weighted by molar-refractivity contribution is 6.29. The van der Waals surface area contributed by atoms with Gasteiger partial charge in [-0.25, -0.2) is 8.78 Å². The Morgan fingerprint density at radius 3 is 1.37 bits per heavy atom. The fourth-order valence-corrected chi connectivity index (χ4v) is 9.24. The molecule has 0 aliphatic heterocycles. The van der Waals surface area contributed by atoms with Gasteiger partial charge < -0.3 is 0 Å². The first kappa shape index (κ1) is 35.8. The summed E-state index contributed by atoms with van der Waals surface area (Å²) in [6, 6.07) is 57.9. The smallest absolute Gasteiger partial charge is 0.207 e. The van der Waals surface area contributed by atoms with Crippen LogP contribution < -0.4 is 0 Å². The van der Waals surface area contributed by atoms with Crippen LogP contribution in [0.2, 0.25) is 0 Å². The molecular weight excluding hydrogens is 756 g/mol. The third-order valence-corrected chi connectivity index (χ3v) is 11.9. The Bertz CT molecular complexity index is 3540. The first-order valence-electron chi connectivity index (χ1n) is 19.7. The number of fused-ring (bicyclic) bond motifs is 8. The highest BCUT2D eigenvalue weighted by Crippen LogP contribution is 2.50. The minimum Gasteiger partial charge on any atom is -0.207 e. The van der Waals surface area contributed by atoms with Gasteiger partial charge >= 0.3 is 6.18 Å². The number of alkyl halides is 3. The summed E-state index contributed by atoms with van der Waals surface area (Å²) in [6.07, 6.45) is -4.51. The molecule has 0 saturated carbocycles. The van der Waals surface area contributed by atoms with Gasteiger partial charge in [0.2, 0.25) is 0 Å². The average Bonchev–Trinajstić information content (AvgIpc) is 3.27. The standard InChI is InChI=1S/C55H31F5/c56-39-20-16-32(17-21-39)34-18-23-47-51(28-34)53(49-30-36-8-1-2-11-41(36)43-12-3-5-14-45(43)49)48-24-19-35(33-9-7-10-38(26-33)55(58,59)60)29-52(48)54(47)50-31-37-27-40(57)22-25-42(37)44-13-4-6-15-46(44)50/h1-31H. The van der Waals surface area contributed by atoms with Gasteiger partial charge in [0.25, 0.3) is 0 Å². The van der Waals surface area contributed by atoms with Gasteiger partial charge in [0.05, 0.1) is 5.56 Å². The summed E-state index contributed by atoms with van der Waals surface area (Å²) in [7, 11) is 0. The lowest BCUT2D eigenvalue weighted by atomic mass is 9.81. The lowest BCUT2D eigenvalue weighted by molar-refractivity contribution is -0.137. The second-order valence-corrected chi connectivity index (χ2v) is 15.4. The third kappa shape index (κ3) is 5.80. The minimum absolute atomic E-state index is 0.327. The van der Waals surface area contributed by atoms with E-state index in [-0.39, 0.29) is 11.6 Å². The van der Waals surface area contributed by atoms with Crippen molar-refractivity contribution >= 4 is 64.6 Å². The van der Waals surface area contributed by atoms with Crippen molar-refractivity contribution in [2.75, 3.05) is 0 Å². The molecule has 0 bridgehead atoms. The molecule has 11 aromatic carbocycles. The molecule has 0 spiro atoms. The third-order valence-electron chi connectivity index (χ3n) is 11.9. The normalized spacial score (nSPS) is 12.1. The molecule has 60 heavy (non-hydrogen) atoms. The Labute approximate surface area is 341 Å². The van der Waals surface area contributed by atoms with Gasteiger partial charge in [0.1, 0.15) is 11.6 Å². The predicted molar refractivity (Wildman–Crippen MR) is 238 cm³/mol. The van der Waals surface area contributed by atoms with E-state index in [1.807, 2.05) is 78.9 Å². The summed E-state index contributed by atoms with van der Waals surface area (Å²) in [5.41, 5.74) is 5.78. The van der Waals surface area contributed by atoms with E-state index in [0.29, 0.717) is 11.1 Å². The zero-order valence-corrected chi connectivity index (χ0v) is 31.8. The summed E-state index contributed by atoms with van der Waals surface area (Å²) in [5.74, 6) is -0.680. The lowest BCUT2D eigenvalue weighted by Crippen LogP contribution is -2.04. The highest BCUT2D eigenvalue weighted by Gasteiger charge is 2.30. The van der Waals surface area contributed by atoms with Crippen molar-refractivity contribution in [1.29, 1.82) is 0 Å². The fraction of sp³-hybridized carbons (Fsp3) is 0.0182. The van der Waals surface area contributed by atoms with Crippen molar-refractivity contribution in [1.82, 2.24) is 0 Å². The quantitative estimate of drug-likeness (QED) is 0.0947. The number of hydrogen-bond acceptors (Lipinski definition) is 0. The summed E-state index contributed by atoms with van der Waals surface area (Å²) in [5, 5.41) is 11.4. The van der Waals surface area contributed by atoms with Crippen molar-refractivity contribution in [2.45, 2.75) is 6.18 Å². The second-order valence-electron chi connectivity index (χ2n) is 15.4. The average molecular weight is 787 g/mol. The second kappa shape index (κ2) is 13.6. The molecule has 286 valence electrons. The van der Waals surface area contributed by atoms with Crippen LogP contribution in [0.15, 0.2) is 188 Å². The monoisotopic (exact) mass is 786 g/mol. The van der Waals surface area contributed by atoms with Gasteiger partial charge in [-0.1, -0.05) is 127 Å². The van der Waals surface area contributed by atoms with Crippen LogP contribution in [0, 0.1) is 11.6 Å². The van der Waals surface area contributed by atoms with Crippen molar-refractivity contribution in [3.8, 4) is 44.5 Å². The van der Waals surface area contributed by atoms with E-state index < -0.39 is 11.7 Å². The van der Waals surface area contributed by atoms with Gasteiger partial charge in [-0.2, -0.15) is 13.2 Å². The number of benzene rings is 11. The molecular formula is C55H31F5. The maximum atomic E-state index is 15.0. The first-order valence-corrected chi connectivity index (χ1v) is 19.7. The Balaban J connectivity index is 1.35. The fourth-order valence-electron chi connectivity index (χ4n) is 9.24. The highest BCUT2D eigenvalue weighted by atomic mass is 19.4. The van der Waals surface area contributed by atoms with E-state index in [9.17, 15) is 17.6 Å². The molecule has 11 rings (SSSR count). The zero-order valence-electron chi connectivity index (χ0n) is 31.8. The summed E-state index contributed by atoms with van der Waals surface area (Å²) in [4.78, 5) is 0. The molecule has 0 radical (unpaired) electrons. The van der Waals surface area contributed by atoms with Gasteiger partial charge in [-0.15, -0.1) is 0 Å². The molecule has 0 amide bonds. The Morgan fingerprint density at radius 1 is 0.283 bits per heavy atom. The molecule has 5 heteroatoms. The Kier molecular flexibility index (Phi) is 8.11. The lowest BCUT2D eigenvalue weighted by Gasteiger charge is -2.22. The molecule has 0 nitrogen and oxygen atoms in total. The van der Waals surface area contributed by atoms with Crippen LogP contribution in [0.25, 0.3) is 109 Å². The molecule has 0 N–H and O–H groups in total. The molecule has 0 aliphatic rings. The summed E-state index contributed by atoms with van der Waals surface area (Å²) >= 11 is 0. The number of halogens is 5. The molecule has 0 aromatic heterocycles. The molecule has 0 saturated heterocycles. The molecule has 0 unspecified atom stereocenters. The summed E-state index contributed by atoms with van der Waals surface area (Å²) in [6.45, 7) is 0. The van der Waals surface area contributed by atoms with Crippen LogP contribution in [-0.2, 0) is 6.18 Å². The van der Waals surface area contributed by atoms with Crippen LogP contribution in [-0.4, -0.2) is 0 Å². The van der Waals surface area contributed by atoms with Crippen LogP contribution in [0.3, 0.4) is 0 Å². The van der Waals surface area contributed by atoms with Crippen LogP contribution in [0.4, 0.5) is 22.0 Å². The minimum atomic E-state index is -4.51. The van der Waals surface area contributed by atoms with Crippen LogP contribution in [0.1, 0.15) is 5.56 Å². The molecule has 0 atom stereocenters. The number of hydrogen-bond donors (Lipinski definition) is 0. The van der Waals surface area contributed by atoms with Crippen molar-refractivity contribution in [3.63, 3.8) is 0 Å². The predicted octanol–water partition coefficient (Wildman–Crippen LogP) is 16.6. The topological polar surface area (TPSA) is 0 Å². The van der Waals surface area contributed by atoms with Crippen molar-refractivity contribution in [2.24, 2.45) is 0 Å². The summed E-state index contributed by atoms with van der Waals surface area (Å²) < 4.78 is 71.6. The van der Waals surface area contributed by atoms with Gasteiger partial charge in [0.15, 0.2) is 0 Å². The van der Waals surface area contributed by atoms with E-state index in [4.69, 9.17) is 0 Å². The van der Waals surface area contributed by atoms with Gasteiger partial charge in [-0.05, 0) is 170 Å². The van der Waals surface area contributed by atoms with Crippen molar-refractivity contribution < 1.29 is 22.0 Å². The van der Waals surface area contributed by atoms with E-state index >= 15 is 4.39 Å². The first-order chi connectivity index (χ1) is 29.2. The van der Waals surface area contributed by atoms with E-state index in [0.717, 1.165) is 104 Å². The molecule has 0 aliphatic carbocycles. The van der Waals surface area contributed by atoms with Gasteiger partial charge in [-0.3, -0.25) is 0 Å². The van der Waals surface area contributed by atoms with Crippen LogP contribution >= 0.6 is 0 Å². The maximum Gasteiger partial charge on any atom is 0.416 e. The van der Waals surface area contributed by atoms with E-state index in [1.54, 1.807) is 24.3 Å². The molecule has 11 aromatic rings. The Hall–Kier alpha value is -7.37. The van der Waals surface area contributed by atoms with E-state index in [1.165, 1.54) is 30.3 Å². The SMILES string of the molecule is Fc1ccc(-c2ccc3c(-c4cc5cc(F)ccc5c5ccccc45)c4cc(-c5cccc(C(F)(F)F)c5)ccc4c(-c4cc5ccccc5c5ccccc45)c3c2)cc1. The largest absolute Gasteiger partial charge is 0.416 e. The van der Waals surface area contributed by atoms with Gasteiger partial charge in [0, 0.05) is 0 Å². The van der Waals surface area contributed by atoms with E-state index in [2.05, 4.69) is 48.5 Å². The van der Waals surface area contributed by atoms with Crippen LogP contribution in [0.5, 0.6) is 0 Å². The Morgan fingerprint density at radius 2 is 0.750 bits per heavy atom. The molecule has 0 heterocycles. The number of rotatable bonds is 4.